The highest BCUT2D eigenvalue weighted by atomic mass is 16.5. The minimum atomic E-state index is -0.130. The Labute approximate surface area is 166 Å². The molecule has 0 aliphatic carbocycles. The van der Waals surface area contributed by atoms with Gasteiger partial charge in [0.15, 0.2) is 0 Å². The normalized spacial score (nSPS) is 27.2. The van der Waals surface area contributed by atoms with Crippen molar-refractivity contribution < 1.29 is 9.53 Å². The van der Waals surface area contributed by atoms with Crippen LogP contribution in [-0.2, 0) is 4.79 Å². The molecule has 2 heterocycles. The molecule has 0 bridgehead atoms. The van der Waals surface area contributed by atoms with Crippen LogP contribution in [0.4, 0.5) is 5.69 Å². The van der Waals surface area contributed by atoms with Crippen molar-refractivity contribution in [2.75, 3.05) is 19.0 Å². The molecule has 0 spiro atoms. The first-order valence-corrected chi connectivity index (χ1v) is 9.88. The standard InChI is InChI=1S/C22H28N4O2/c1-14-11-15(2)26-21(24-14)20(13-23-26)22(27)25-18-6-4-5-17(12-18)16-7-9-19(28-3)10-8-16/h4-10,12,14-15,20-21,23-24H,11,13H2,1-3H3,(H,25,27). The number of benzene rings is 2. The molecule has 4 atom stereocenters. The second kappa shape index (κ2) is 7.91. The minimum Gasteiger partial charge on any atom is -0.497 e. The van der Waals surface area contributed by atoms with E-state index in [9.17, 15) is 4.79 Å². The largest absolute Gasteiger partial charge is 0.497 e. The number of amides is 1. The van der Waals surface area contributed by atoms with Crippen molar-refractivity contribution in [2.45, 2.75) is 38.5 Å². The Hall–Kier alpha value is -2.41. The van der Waals surface area contributed by atoms with Gasteiger partial charge in [-0.2, -0.15) is 0 Å². The van der Waals surface area contributed by atoms with Crippen LogP contribution in [-0.4, -0.2) is 42.8 Å². The maximum Gasteiger partial charge on any atom is 0.231 e. The van der Waals surface area contributed by atoms with Crippen LogP contribution in [0.3, 0.4) is 0 Å². The van der Waals surface area contributed by atoms with Gasteiger partial charge in [0, 0.05) is 24.3 Å². The smallest absolute Gasteiger partial charge is 0.231 e. The molecule has 2 saturated heterocycles. The molecule has 0 saturated carbocycles. The lowest BCUT2D eigenvalue weighted by Crippen LogP contribution is -2.60. The van der Waals surface area contributed by atoms with Gasteiger partial charge in [0.1, 0.15) is 5.75 Å². The topological polar surface area (TPSA) is 65.6 Å². The molecular weight excluding hydrogens is 352 g/mol. The van der Waals surface area contributed by atoms with Crippen molar-refractivity contribution in [1.29, 1.82) is 0 Å². The number of hydrogen-bond donors (Lipinski definition) is 3. The molecule has 6 heteroatoms. The maximum atomic E-state index is 13.0. The molecule has 28 heavy (non-hydrogen) atoms. The average Bonchev–Trinajstić information content (AvgIpc) is 3.12. The SMILES string of the molecule is COc1ccc(-c2cccc(NC(=O)C3CNN4C(C)CC(C)NC34)c2)cc1. The van der Waals surface area contributed by atoms with Crippen molar-refractivity contribution in [3.05, 3.63) is 48.5 Å². The van der Waals surface area contributed by atoms with Crippen LogP contribution >= 0.6 is 0 Å². The van der Waals surface area contributed by atoms with E-state index in [0.29, 0.717) is 18.6 Å². The monoisotopic (exact) mass is 380 g/mol. The molecule has 4 rings (SSSR count). The molecule has 2 fully saturated rings. The summed E-state index contributed by atoms with van der Waals surface area (Å²) in [4.78, 5) is 13.0. The van der Waals surface area contributed by atoms with Crippen LogP contribution in [0.1, 0.15) is 20.3 Å². The Morgan fingerprint density at radius 3 is 2.68 bits per heavy atom. The predicted molar refractivity (Wildman–Crippen MR) is 111 cm³/mol. The van der Waals surface area contributed by atoms with E-state index in [1.807, 2.05) is 48.5 Å². The van der Waals surface area contributed by atoms with E-state index >= 15 is 0 Å². The highest BCUT2D eigenvalue weighted by Gasteiger charge is 2.44. The summed E-state index contributed by atoms with van der Waals surface area (Å²) < 4.78 is 5.22. The van der Waals surface area contributed by atoms with Crippen molar-refractivity contribution in [1.82, 2.24) is 15.8 Å². The molecule has 2 aromatic rings. The number of nitrogens with one attached hydrogen (secondary N) is 3. The van der Waals surface area contributed by atoms with Crippen LogP contribution in [0.5, 0.6) is 5.75 Å². The van der Waals surface area contributed by atoms with Gasteiger partial charge in [0.2, 0.25) is 5.91 Å². The second-order valence-corrected chi connectivity index (χ2v) is 7.77. The number of anilines is 1. The van der Waals surface area contributed by atoms with Crippen LogP contribution in [0.2, 0.25) is 0 Å². The van der Waals surface area contributed by atoms with Gasteiger partial charge in [-0.25, -0.2) is 5.01 Å². The Morgan fingerprint density at radius 2 is 1.93 bits per heavy atom. The third kappa shape index (κ3) is 3.76. The maximum absolute atomic E-state index is 13.0. The highest BCUT2D eigenvalue weighted by molar-refractivity contribution is 5.94. The molecule has 3 N–H and O–H groups in total. The average molecular weight is 380 g/mol. The van der Waals surface area contributed by atoms with E-state index in [4.69, 9.17) is 4.74 Å². The lowest BCUT2D eigenvalue weighted by molar-refractivity contribution is -0.121. The van der Waals surface area contributed by atoms with Gasteiger partial charge < -0.3 is 10.1 Å². The van der Waals surface area contributed by atoms with Gasteiger partial charge in [-0.05, 0) is 55.7 Å². The third-order valence-corrected chi connectivity index (χ3v) is 5.69. The van der Waals surface area contributed by atoms with Gasteiger partial charge in [0.05, 0.1) is 19.2 Å². The number of carbonyl (C=O) groups excluding carboxylic acids is 1. The molecule has 0 aromatic heterocycles. The fourth-order valence-corrected chi connectivity index (χ4v) is 4.25. The number of fused-ring (bicyclic) bond motifs is 1. The zero-order chi connectivity index (χ0) is 19.7. The summed E-state index contributed by atoms with van der Waals surface area (Å²) in [5.41, 5.74) is 6.35. The summed E-state index contributed by atoms with van der Waals surface area (Å²) in [6.45, 7) is 5.04. The molecule has 2 aliphatic rings. The Morgan fingerprint density at radius 1 is 1.14 bits per heavy atom. The summed E-state index contributed by atoms with van der Waals surface area (Å²) >= 11 is 0. The summed E-state index contributed by atoms with van der Waals surface area (Å²) in [5, 5.41) is 8.87. The van der Waals surface area contributed by atoms with Gasteiger partial charge in [-0.15, -0.1) is 0 Å². The molecule has 148 valence electrons. The first kappa shape index (κ1) is 18.9. The highest BCUT2D eigenvalue weighted by Crippen LogP contribution is 2.27. The Balaban J connectivity index is 1.47. The molecule has 2 aromatic carbocycles. The lowest BCUT2D eigenvalue weighted by Gasteiger charge is -2.40. The molecule has 4 unspecified atom stereocenters. The molecule has 0 radical (unpaired) electrons. The molecular formula is C22H28N4O2. The van der Waals surface area contributed by atoms with E-state index in [2.05, 4.69) is 34.9 Å². The Bertz CT molecular complexity index is 839. The number of methoxy groups -OCH3 is 1. The lowest BCUT2D eigenvalue weighted by atomic mass is 9.99. The van der Waals surface area contributed by atoms with Crippen molar-refractivity contribution >= 4 is 11.6 Å². The fraction of sp³-hybridized carbons (Fsp3) is 0.409. The number of hydrazine groups is 1. The zero-order valence-electron chi connectivity index (χ0n) is 16.6. The van der Waals surface area contributed by atoms with Crippen molar-refractivity contribution in [3.8, 4) is 16.9 Å². The predicted octanol–water partition coefficient (Wildman–Crippen LogP) is 2.83. The Kier molecular flexibility index (Phi) is 5.35. The number of ether oxygens (including phenoxy) is 1. The van der Waals surface area contributed by atoms with Gasteiger partial charge in [-0.3, -0.25) is 15.5 Å². The summed E-state index contributed by atoms with van der Waals surface area (Å²) in [7, 11) is 1.66. The number of nitrogens with zero attached hydrogens (tertiary/aromatic N) is 1. The van der Waals surface area contributed by atoms with E-state index in [0.717, 1.165) is 29.0 Å². The summed E-state index contributed by atoms with van der Waals surface area (Å²) in [6, 6.07) is 16.7. The number of rotatable bonds is 4. The van der Waals surface area contributed by atoms with Crippen LogP contribution in [0.15, 0.2) is 48.5 Å². The van der Waals surface area contributed by atoms with E-state index in [-0.39, 0.29) is 18.0 Å². The van der Waals surface area contributed by atoms with E-state index < -0.39 is 0 Å². The van der Waals surface area contributed by atoms with Gasteiger partial charge in [0.25, 0.3) is 0 Å². The molecule has 2 aliphatic heterocycles. The van der Waals surface area contributed by atoms with Gasteiger partial charge >= 0.3 is 0 Å². The molecule has 1 amide bonds. The molecule has 6 nitrogen and oxygen atoms in total. The van der Waals surface area contributed by atoms with E-state index in [1.165, 1.54) is 0 Å². The minimum absolute atomic E-state index is 0.0310. The number of carbonyl (C=O) groups is 1. The van der Waals surface area contributed by atoms with Crippen LogP contribution < -0.4 is 20.8 Å². The zero-order valence-corrected chi connectivity index (χ0v) is 16.6. The quantitative estimate of drug-likeness (QED) is 0.761. The van der Waals surface area contributed by atoms with E-state index in [1.54, 1.807) is 7.11 Å². The third-order valence-electron chi connectivity index (χ3n) is 5.69. The summed E-state index contributed by atoms with van der Waals surface area (Å²) in [6.07, 6.45) is 1.10. The van der Waals surface area contributed by atoms with Crippen molar-refractivity contribution in [3.63, 3.8) is 0 Å². The van der Waals surface area contributed by atoms with Gasteiger partial charge in [-0.1, -0.05) is 24.3 Å². The summed E-state index contributed by atoms with van der Waals surface area (Å²) in [5.74, 6) is 0.741. The number of hydrogen-bond acceptors (Lipinski definition) is 5. The second-order valence-electron chi connectivity index (χ2n) is 7.77. The van der Waals surface area contributed by atoms with Crippen molar-refractivity contribution in [2.24, 2.45) is 5.92 Å². The first-order chi connectivity index (χ1) is 13.5. The van der Waals surface area contributed by atoms with Crippen LogP contribution in [0, 0.1) is 5.92 Å². The first-order valence-electron chi connectivity index (χ1n) is 9.88. The van der Waals surface area contributed by atoms with Crippen LogP contribution in [0.25, 0.3) is 11.1 Å². The fourth-order valence-electron chi connectivity index (χ4n) is 4.25.